The molecule has 0 aliphatic carbocycles. The largest absolute Gasteiger partial charge is 0.346 e. The van der Waals surface area contributed by atoms with Gasteiger partial charge in [-0.2, -0.15) is 0 Å². The number of benzene rings is 3. The van der Waals surface area contributed by atoms with Gasteiger partial charge in [0, 0.05) is 43.1 Å². The molecule has 3 aromatic carbocycles. The van der Waals surface area contributed by atoms with E-state index in [1.54, 1.807) is 29.2 Å². The van der Waals surface area contributed by atoms with E-state index in [1.165, 1.54) is 48.5 Å². The van der Waals surface area contributed by atoms with Crippen LogP contribution >= 0.6 is 0 Å². The van der Waals surface area contributed by atoms with Crippen molar-refractivity contribution in [1.82, 2.24) is 14.5 Å². The number of primary sulfonamides is 1. The van der Waals surface area contributed by atoms with Crippen molar-refractivity contribution in [3.8, 4) is 0 Å². The predicted molar refractivity (Wildman–Crippen MR) is 167 cm³/mol. The number of urea groups is 1. The van der Waals surface area contributed by atoms with E-state index < -0.39 is 26.1 Å². The van der Waals surface area contributed by atoms with Gasteiger partial charge in [-0.15, -0.1) is 0 Å². The molecule has 1 aliphatic rings. The molecule has 13 nitrogen and oxygen atoms in total. The fourth-order valence-electron chi connectivity index (χ4n) is 4.48. The molecule has 0 saturated carbocycles. The van der Waals surface area contributed by atoms with Crippen LogP contribution in [0.5, 0.6) is 0 Å². The second-order valence-corrected chi connectivity index (χ2v) is 13.5. The van der Waals surface area contributed by atoms with Crippen molar-refractivity contribution in [2.45, 2.75) is 36.1 Å². The first kappa shape index (κ1) is 32.6. The molecule has 15 heteroatoms. The maximum atomic E-state index is 12.7. The minimum absolute atomic E-state index is 0.00477. The zero-order chi connectivity index (χ0) is 31.9. The first-order valence-corrected chi connectivity index (χ1v) is 16.9. The number of hydrogen-bond donors (Lipinski definition) is 5. The SMILES string of the molecule is CCCCN1CCN(C(=N)c2cccc(NC(=O)Nc3ccc(S(=O)(=O)NCc4ccc(S(N)(=O)=O)cc4)cc3)c2)CC1=O. The van der Waals surface area contributed by atoms with E-state index in [0.717, 1.165) is 19.4 Å². The van der Waals surface area contributed by atoms with Gasteiger partial charge < -0.3 is 20.4 Å². The van der Waals surface area contributed by atoms with E-state index in [4.69, 9.17) is 10.5 Å². The molecule has 44 heavy (non-hydrogen) atoms. The number of amides is 3. The van der Waals surface area contributed by atoms with Gasteiger partial charge in [0.2, 0.25) is 26.0 Å². The third-order valence-corrected chi connectivity index (χ3v) is 9.30. The molecular formula is C29H35N7O6S2. The van der Waals surface area contributed by atoms with Gasteiger partial charge in [0.05, 0.1) is 16.3 Å². The van der Waals surface area contributed by atoms with Crippen molar-refractivity contribution in [3.63, 3.8) is 0 Å². The second kappa shape index (κ2) is 14.0. The number of carbonyl (C=O) groups excluding carboxylic acids is 2. The third kappa shape index (κ3) is 8.63. The molecule has 1 saturated heterocycles. The van der Waals surface area contributed by atoms with Crippen LogP contribution in [0.25, 0.3) is 0 Å². The summed E-state index contributed by atoms with van der Waals surface area (Å²) in [6, 6.07) is 17.3. The second-order valence-electron chi connectivity index (χ2n) is 10.2. The van der Waals surface area contributed by atoms with Crippen LogP contribution in [0.3, 0.4) is 0 Å². The molecule has 3 aromatic rings. The molecule has 234 valence electrons. The highest BCUT2D eigenvalue weighted by Crippen LogP contribution is 2.18. The van der Waals surface area contributed by atoms with Crippen molar-refractivity contribution < 1.29 is 26.4 Å². The minimum atomic E-state index is -3.89. The van der Waals surface area contributed by atoms with Crippen molar-refractivity contribution in [2.75, 3.05) is 36.8 Å². The summed E-state index contributed by atoms with van der Waals surface area (Å²) >= 11 is 0. The number of unbranched alkanes of at least 4 members (excludes halogenated alkanes) is 1. The number of nitrogens with zero attached hydrogens (tertiary/aromatic N) is 2. The molecule has 3 amide bonds. The molecule has 4 rings (SSSR count). The molecule has 0 radical (unpaired) electrons. The van der Waals surface area contributed by atoms with Crippen LogP contribution in [-0.4, -0.2) is 70.6 Å². The van der Waals surface area contributed by atoms with Crippen molar-refractivity contribution >= 4 is 49.2 Å². The molecule has 0 bridgehead atoms. The van der Waals surface area contributed by atoms with Gasteiger partial charge in [-0.25, -0.2) is 31.5 Å². The summed E-state index contributed by atoms with van der Waals surface area (Å²) in [4.78, 5) is 28.6. The number of sulfonamides is 2. The van der Waals surface area contributed by atoms with Crippen LogP contribution in [0.15, 0.2) is 82.6 Å². The quantitative estimate of drug-likeness (QED) is 0.157. The lowest BCUT2D eigenvalue weighted by Gasteiger charge is -2.35. The summed E-state index contributed by atoms with van der Waals surface area (Å²) in [5, 5.41) is 19.0. The Morgan fingerprint density at radius 2 is 1.57 bits per heavy atom. The maximum absolute atomic E-state index is 12.7. The minimum Gasteiger partial charge on any atom is -0.346 e. The topological polar surface area (TPSA) is 195 Å². The first-order chi connectivity index (χ1) is 20.9. The van der Waals surface area contributed by atoms with Gasteiger partial charge in [0.1, 0.15) is 5.84 Å². The number of nitrogens with one attached hydrogen (secondary N) is 4. The van der Waals surface area contributed by atoms with Crippen LogP contribution in [0.1, 0.15) is 30.9 Å². The van der Waals surface area contributed by atoms with E-state index >= 15 is 0 Å². The standard InChI is InChI=1S/C29H35N7O6S2/c1-2-3-15-35-16-17-36(20-27(35)37)28(30)22-5-4-6-24(18-22)34-29(38)33-23-9-13-26(14-10-23)44(41,42)32-19-21-7-11-25(12-8-21)43(31,39)40/h4-14,18,30,32H,2-3,15-17,19-20H2,1H3,(H2,31,39,40)(H2,33,34,38). The Labute approximate surface area is 257 Å². The average molecular weight is 642 g/mol. The van der Waals surface area contributed by atoms with Gasteiger partial charge in [0.15, 0.2) is 0 Å². The fourth-order valence-corrected chi connectivity index (χ4v) is 6.01. The van der Waals surface area contributed by atoms with Crippen LogP contribution in [0.2, 0.25) is 0 Å². The molecule has 0 aromatic heterocycles. The van der Waals surface area contributed by atoms with Crippen LogP contribution in [0.4, 0.5) is 16.2 Å². The van der Waals surface area contributed by atoms with Crippen molar-refractivity contribution in [1.29, 1.82) is 5.41 Å². The first-order valence-electron chi connectivity index (χ1n) is 13.9. The van der Waals surface area contributed by atoms with E-state index in [9.17, 15) is 26.4 Å². The number of amidine groups is 1. The van der Waals surface area contributed by atoms with Crippen molar-refractivity contribution in [3.05, 3.63) is 83.9 Å². The molecule has 0 spiro atoms. The van der Waals surface area contributed by atoms with E-state index in [0.29, 0.717) is 35.6 Å². The predicted octanol–water partition coefficient (Wildman–Crippen LogP) is 2.73. The lowest BCUT2D eigenvalue weighted by atomic mass is 10.1. The molecule has 0 unspecified atom stereocenters. The Kier molecular flexibility index (Phi) is 10.4. The number of anilines is 2. The molecule has 1 fully saturated rings. The number of piperazine rings is 1. The maximum Gasteiger partial charge on any atom is 0.323 e. The monoisotopic (exact) mass is 641 g/mol. The summed E-state index contributed by atoms with van der Waals surface area (Å²) in [7, 11) is -7.74. The molecule has 1 heterocycles. The van der Waals surface area contributed by atoms with Gasteiger partial charge in [-0.05, 0) is 60.5 Å². The molecular weight excluding hydrogens is 606 g/mol. The number of rotatable bonds is 11. The van der Waals surface area contributed by atoms with Crippen molar-refractivity contribution in [2.24, 2.45) is 5.14 Å². The lowest BCUT2D eigenvalue weighted by Crippen LogP contribution is -2.52. The lowest BCUT2D eigenvalue weighted by molar-refractivity contribution is -0.134. The smallest absolute Gasteiger partial charge is 0.323 e. The highest BCUT2D eigenvalue weighted by atomic mass is 32.2. The van der Waals surface area contributed by atoms with E-state index in [-0.39, 0.29) is 34.6 Å². The molecule has 0 atom stereocenters. The number of carbonyl (C=O) groups is 2. The molecule has 6 N–H and O–H groups in total. The number of nitrogens with two attached hydrogens (primary N) is 1. The summed E-state index contributed by atoms with van der Waals surface area (Å²) in [5.74, 6) is 0.193. The average Bonchev–Trinajstić information content (AvgIpc) is 2.99. The fraction of sp³-hybridized carbons (Fsp3) is 0.276. The Balaban J connectivity index is 1.30. The summed E-state index contributed by atoms with van der Waals surface area (Å²) in [6.07, 6.45) is 1.96. The Hall–Kier alpha value is -4.31. The summed E-state index contributed by atoms with van der Waals surface area (Å²) < 4.78 is 50.6. The highest BCUT2D eigenvalue weighted by Gasteiger charge is 2.25. The van der Waals surface area contributed by atoms with Gasteiger partial charge in [-0.1, -0.05) is 37.6 Å². The Bertz CT molecular complexity index is 1730. The van der Waals surface area contributed by atoms with Gasteiger partial charge in [0.25, 0.3) is 0 Å². The normalized spacial score (nSPS) is 13.9. The van der Waals surface area contributed by atoms with E-state index in [2.05, 4.69) is 22.3 Å². The summed E-state index contributed by atoms with van der Waals surface area (Å²) in [6.45, 7) is 3.99. The van der Waals surface area contributed by atoms with Gasteiger partial charge >= 0.3 is 6.03 Å². The highest BCUT2D eigenvalue weighted by molar-refractivity contribution is 7.89. The third-order valence-electron chi connectivity index (χ3n) is 6.95. The van der Waals surface area contributed by atoms with Crippen LogP contribution in [0, 0.1) is 5.41 Å². The molecule has 1 aliphatic heterocycles. The zero-order valence-corrected chi connectivity index (χ0v) is 25.7. The van der Waals surface area contributed by atoms with Crippen LogP contribution in [-0.2, 0) is 31.4 Å². The zero-order valence-electron chi connectivity index (χ0n) is 24.1. The Morgan fingerprint density at radius 1 is 0.909 bits per heavy atom. The Morgan fingerprint density at radius 3 is 2.20 bits per heavy atom. The number of hydrogen-bond acceptors (Lipinski definition) is 7. The summed E-state index contributed by atoms with van der Waals surface area (Å²) in [5.41, 5.74) is 1.88. The van der Waals surface area contributed by atoms with Crippen LogP contribution < -0.4 is 20.5 Å². The van der Waals surface area contributed by atoms with E-state index in [1.807, 2.05) is 4.90 Å². The van der Waals surface area contributed by atoms with Gasteiger partial charge in [-0.3, -0.25) is 10.2 Å².